The summed E-state index contributed by atoms with van der Waals surface area (Å²) >= 11 is 16.8. The van der Waals surface area contributed by atoms with Crippen LogP contribution in [0.4, 0.5) is 10.1 Å². The number of thiocarbonyl (C=S) groups is 1. The number of halogens is 3. The lowest BCUT2D eigenvalue weighted by Crippen LogP contribution is -2.34. The van der Waals surface area contributed by atoms with Gasteiger partial charge in [0.2, 0.25) is 0 Å². The number of nitrogens with one attached hydrogen (secondary N) is 2. The molecular weight excluding hydrogens is 334 g/mol. The monoisotopic (exact) mass is 342 g/mol. The van der Waals surface area contributed by atoms with Gasteiger partial charge in [0, 0.05) is 5.02 Å². The number of carbonyl (C=O) groups is 1. The molecule has 2 aromatic carbocycles. The SMILES string of the molecule is O=C(NC(=S)Nc1cc(Cl)ccc1Cl)c1ccccc1F. The van der Waals surface area contributed by atoms with Gasteiger partial charge < -0.3 is 5.32 Å². The molecule has 0 radical (unpaired) electrons. The molecule has 108 valence electrons. The van der Waals surface area contributed by atoms with Gasteiger partial charge in [-0.1, -0.05) is 35.3 Å². The maximum atomic E-state index is 13.5. The van der Waals surface area contributed by atoms with Gasteiger partial charge in [0.05, 0.1) is 16.3 Å². The molecule has 0 unspecified atom stereocenters. The van der Waals surface area contributed by atoms with Crippen molar-refractivity contribution in [3.8, 4) is 0 Å². The van der Waals surface area contributed by atoms with Crippen LogP contribution in [0.15, 0.2) is 42.5 Å². The molecule has 2 rings (SSSR count). The first-order chi connectivity index (χ1) is 9.97. The summed E-state index contributed by atoms with van der Waals surface area (Å²) in [5, 5.41) is 5.95. The Labute approximate surface area is 136 Å². The zero-order valence-corrected chi connectivity index (χ0v) is 12.8. The van der Waals surface area contributed by atoms with Crippen LogP contribution in [0.3, 0.4) is 0 Å². The van der Waals surface area contributed by atoms with Gasteiger partial charge in [0.25, 0.3) is 5.91 Å². The minimum atomic E-state index is -0.649. The fraction of sp³-hybridized carbons (Fsp3) is 0. The van der Waals surface area contributed by atoms with Crippen molar-refractivity contribution in [2.45, 2.75) is 0 Å². The summed E-state index contributed by atoms with van der Waals surface area (Å²) in [6.07, 6.45) is 0. The van der Waals surface area contributed by atoms with Gasteiger partial charge in [-0.25, -0.2) is 4.39 Å². The molecule has 0 spiro atoms. The summed E-state index contributed by atoms with van der Waals surface area (Å²) in [5.41, 5.74) is 0.349. The highest BCUT2D eigenvalue weighted by atomic mass is 35.5. The zero-order valence-electron chi connectivity index (χ0n) is 10.5. The minimum absolute atomic E-state index is 0.00702. The van der Waals surface area contributed by atoms with Crippen molar-refractivity contribution in [2.75, 3.05) is 5.32 Å². The van der Waals surface area contributed by atoms with Gasteiger partial charge in [-0.3, -0.25) is 10.1 Å². The number of hydrogen-bond acceptors (Lipinski definition) is 2. The third-order valence-electron chi connectivity index (χ3n) is 2.52. The fourth-order valence-electron chi connectivity index (χ4n) is 1.56. The molecule has 0 atom stereocenters. The van der Waals surface area contributed by atoms with Gasteiger partial charge in [-0.2, -0.15) is 0 Å². The molecule has 0 fully saturated rings. The van der Waals surface area contributed by atoms with E-state index in [0.29, 0.717) is 15.7 Å². The molecule has 2 aromatic rings. The highest BCUT2D eigenvalue weighted by Crippen LogP contribution is 2.25. The van der Waals surface area contributed by atoms with Crippen molar-refractivity contribution in [3.63, 3.8) is 0 Å². The predicted octanol–water partition coefficient (Wildman–Crippen LogP) is 4.26. The van der Waals surface area contributed by atoms with Crippen LogP contribution in [0, 0.1) is 5.82 Å². The van der Waals surface area contributed by atoms with Crippen molar-refractivity contribution < 1.29 is 9.18 Å². The maximum Gasteiger partial charge on any atom is 0.260 e. The Balaban J connectivity index is 2.07. The van der Waals surface area contributed by atoms with Crippen LogP contribution in [-0.2, 0) is 0 Å². The first-order valence-electron chi connectivity index (χ1n) is 5.79. The van der Waals surface area contributed by atoms with Gasteiger partial charge in [0.1, 0.15) is 5.82 Å². The summed E-state index contributed by atoms with van der Waals surface area (Å²) in [6.45, 7) is 0. The second kappa shape index (κ2) is 6.85. The van der Waals surface area contributed by atoms with E-state index in [9.17, 15) is 9.18 Å². The van der Waals surface area contributed by atoms with Crippen LogP contribution in [0.25, 0.3) is 0 Å². The molecule has 7 heteroatoms. The molecule has 21 heavy (non-hydrogen) atoms. The maximum absolute atomic E-state index is 13.5. The quantitative estimate of drug-likeness (QED) is 0.801. The van der Waals surface area contributed by atoms with Gasteiger partial charge in [-0.05, 0) is 42.5 Å². The third-order valence-corrected chi connectivity index (χ3v) is 3.29. The standard InChI is InChI=1S/C14H9Cl2FN2OS/c15-8-5-6-10(16)12(7-8)18-14(21)19-13(20)9-3-1-2-4-11(9)17/h1-7H,(H2,18,19,20,21). The van der Waals surface area contributed by atoms with Gasteiger partial charge in [0.15, 0.2) is 5.11 Å². The van der Waals surface area contributed by atoms with E-state index in [2.05, 4.69) is 10.6 Å². The average molecular weight is 343 g/mol. The molecule has 0 heterocycles. The van der Waals surface area contributed by atoms with E-state index in [-0.39, 0.29) is 10.7 Å². The van der Waals surface area contributed by atoms with Crippen LogP contribution < -0.4 is 10.6 Å². The normalized spacial score (nSPS) is 10.0. The number of carbonyl (C=O) groups excluding carboxylic acids is 1. The van der Waals surface area contributed by atoms with Crippen LogP contribution >= 0.6 is 35.4 Å². The second-order valence-corrected chi connectivity index (χ2v) is 5.26. The molecule has 0 bridgehead atoms. The van der Waals surface area contributed by atoms with Gasteiger partial charge in [-0.15, -0.1) is 0 Å². The second-order valence-electron chi connectivity index (χ2n) is 4.01. The van der Waals surface area contributed by atoms with Gasteiger partial charge >= 0.3 is 0 Å². The van der Waals surface area contributed by atoms with Crippen LogP contribution in [-0.4, -0.2) is 11.0 Å². The Morgan fingerprint density at radius 1 is 1.14 bits per heavy atom. The Morgan fingerprint density at radius 2 is 1.86 bits per heavy atom. The molecular formula is C14H9Cl2FN2OS. The smallest absolute Gasteiger partial charge is 0.260 e. The summed E-state index contributed by atoms with van der Waals surface area (Å²) < 4.78 is 13.5. The summed E-state index contributed by atoms with van der Waals surface area (Å²) in [7, 11) is 0. The lowest BCUT2D eigenvalue weighted by molar-refractivity contribution is 0.0974. The van der Waals surface area contributed by atoms with E-state index >= 15 is 0 Å². The molecule has 0 aliphatic carbocycles. The lowest BCUT2D eigenvalue weighted by atomic mass is 10.2. The lowest BCUT2D eigenvalue weighted by Gasteiger charge is -2.11. The van der Waals surface area contributed by atoms with Crippen molar-refractivity contribution >= 4 is 52.1 Å². The van der Waals surface area contributed by atoms with Crippen molar-refractivity contribution in [1.82, 2.24) is 5.32 Å². The molecule has 0 aliphatic heterocycles. The van der Waals surface area contributed by atoms with Crippen LogP contribution in [0.2, 0.25) is 10.0 Å². The molecule has 0 saturated carbocycles. The first-order valence-corrected chi connectivity index (χ1v) is 6.95. The summed E-state index contributed by atoms with van der Waals surface area (Å²) in [6, 6.07) is 10.4. The Bertz CT molecular complexity index is 709. The number of anilines is 1. The molecule has 2 N–H and O–H groups in total. The number of hydrogen-bond donors (Lipinski definition) is 2. The van der Waals surface area contributed by atoms with E-state index < -0.39 is 11.7 Å². The van der Waals surface area contributed by atoms with E-state index in [1.807, 2.05) is 0 Å². The Morgan fingerprint density at radius 3 is 2.57 bits per heavy atom. The van der Waals surface area contributed by atoms with E-state index in [1.165, 1.54) is 18.2 Å². The largest absolute Gasteiger partial charge is 0.331 e. The molecule has 0 aromatic heterocycles. The van der Waals surface area contributed by atoms with Crippen LogP contribution in [0.5, 0.6) is 0 Å². The summed E-state index contributed by atoms with van der Waals surface area (Å²) in [4.78, 5) is 11.9. The van der Waals surface area contributed by atoms with Crippen LogP contribution in [0.1, 0.15) is 10.4 Å². The molecule has 1 amide bonds. The van der Waals surface area contributed by atoms with E-state index in [0.717, 1.165) is 0 Å². The summed E-state index contributed by atoms with van der Waals surface area (Å²) in [5.74, 6) is -1.28. The Kier molecular flexibility index (Phi) is 5.12. The molecule has 0 saturated heterocycles. The average Bonchev–Trinajstić information content (AvgIpc) is 2.43. The highest BCUT2D eigenvalue weighted by molar-refractivity contribution is 7.80. The van der Waals surface area contributed by atoms with E-state index in [1.54, 1.807) is 24.3 Å². The molecule has 3 nitrogen and oxygen atoms in total. The Hall–Kier alpha value is -1.69. The van der Waals surface area contributed by atoms with Crippen molar-refractivity contribution in [3.05, 3.63) is 63.9 Å². The van der Waals surface area contributed by atoms with E-state index in [4.69, 9.17) is 35.4 Å². The zero-order chi connectivity index (χ0) is 15.4. The predicted molar refractivity (Wildman–Crippen MR) is 86.5 cm³/mol. The molecule has 0 aliphatic rings. The number of benzene rings is 2. The topological polar surface area (TPSA) is 41.1 Å². The first kappa shape index (κ1) is 15.7. The van der Waals surface area contributed by atoms with Crippen molar-refractivity contribution in [2.24, 2.45) is 0 Å². The number of rotatable bonds is 2. The highest BCUT2D eigenvalue weighted by Gasteiger charge is 2.13. The third kappa shape index (κ3) is 4.14. The fourth-order valence-corrected chi connectivity index (χ4v) is 2.10. The minimum Gasteiger partial charge on any atom is -0.331 e. The number of amides is 1. The van der Waals surface area contributed by atoms with Crippen molar-refractivity contribution in [1.29, 1.82) is 0 Å².